The number of hydrogen-bond donors (Lipinski definition) is 3. The molecule has 0 saturated heterocycles. The van der Waals surface area contributed by atoms with Crippen LogP contribution in [0.5, 0.6) is 0 Å². The minimum Gasteiger partial charge on any atom is -0.397 e. The molecule has 108 valence electrons. The third-order valence-electron chi connectivity index (χ3n) is 4.23. The topological polar surface area (TPSA) is 67.2 Å². The fraction of sp³-hybridized carbons (Fsp3) is 0.562. The quantitative estimate of drug-likeness (QED) is 0.698. The Balaban J connectivity index is 1.71. The molecule has 3 rings (SSSR count). The summed E-state index contributed by atoms with van der Waals surface area (Å²) in [7, 11) is 0. The van der Waals surface area contributed by atoms with Gasteiger partial charge in [-0.05, 0) is 62.6 Å². The largest absolute Gasteiger partial charge is 0.397 e. The summed E-state index contributed by atoms with van der Waals surface area (Å²) >= 11 is 0. The number of benzene rings is 1. The van der Waals surface area contributed by atoms with Crippen LogP contribution in [0.1, 0.15) is 43.0 Å². The molecule has 4 N–H and O–H groups in total. The van der Waals surface area contributed by atoms with Gasteiger partial charge in [0.15, 0.2) is 0 Å². The van der Waals surface area contributed by atoms with Crippen LogP contribution in [0.2, 0.25) is 0 Å². The molecule has 1 aromatic carbocycles. The molecule has 0 atom stereocenters. The average Bonchev–Trinajstić information content (AvgIpc) is 3.29. The second kappa shape index (κ2) is 5.35. The minimum atomic E-state index is -0.0633. The molecular weight excluding hydrogens is 250 g/mol. The molecule has 0 radical (unpaired) electrons. The normalized spacial score (nSPS) is 18.1. The van der Waals surface area contributed by atoms with Crippen molar-refractivity contribution in [3.8, 4) is 0 Å². The number of carbonyl (C=O) groups excluding carboxylic acids is 1. The van der Waals surface area contributed by atoms with Crippen LogP contribution >= 0.6 is 0 Å². The lowest BCUT2D eigenvalue weighted by molar-refractivity contribution is 0.0956. The van der Waals surface area contributed by atoms with Gasteiger partial charge in [-0.3, -0.25) is 4.79 Å². The van der Waals surface area contributed by atoms with Gasteiger partial charge < -0.3 is 16.4 Å². The van der Waals surface area contributed by atoms with Gasteiger partial charge >= 0.3 is 0 Å². The molecule has 0 spiro atoms. The highest BCUT2D eigenvalue weighted by molar-refractivity contribution is 5.96. The van der Waals surface area contributed by atoms with Crippen molar-refractivity contribution in [2.75, 3.05) is 17.6 Å². The van der Waals surface area contributed by atoms with E-state index in [-0.39, 0.29) is 5.91 Å². The number of nitrogens with one attached hydrogen (secondary N) is 2. The van der Waals surface area contributed by atoms with Crippen molar-refractivity contribution < 1.29 is 4.79 Å². The van der Waals surface area contributed by atoms with Gasteiger partial charge in [-0.2, -0.15) is 0 Å². The van der Waals surface area contributed by atoms with E-state index in [1.54, 1.807) is 6.07 Å². The van der Waals surface area contributed by atoms with E-state index in [0.29, 0.717) is 23.8 Å². The van der Waals surface area contributed by atoms with Crippen molar-refractivity contribution >= 4 is 17.3 Å². The van der Waals surface area contributed by atoms with E-state index in [2.05, 4.69) is 10.6 Å². The van der Waals surface area contributed by atoms with Crippen molar-refractivity contribution in [3.63, 3.8) is 0 Å². The molecule has 2 aliphatic rings. The summed E-state index contributed by atoms with van der Waals surface area (Å²) in [6.07, 6.45) is 5.35. The maximum atomic E-state index is 11.8. The Labute approximate surface area is 120 Å². The van der Waals surface area contributed by atoms with Gasteiger partial charge in [-0.1, -0.05) is 0 Å². The van der Waals surface area contributed by atoms with Gasteiger partial charge in [-0.25, -0.2) is 0 Å². The molecule has 2 fully saturated rings. The first kappa shape index (κ1) is 13.3. The third-order valence-corrected chi connectivity index (χ3v) is 4.23. The van der Waals surface area contributed by atoms with Crippen molar-refractivity contribution in [1.29, 1.82) is 0 Å². The van der Waals surface area contributed by atoms with Gasteiger partial charge in [0.25, 0.3) is 5.91 Å². The van der Waals surface area contributed by atoms with E-state index in [1.807, 2.05) is 19.1 Å². The standard InChI is InChI=1S/C16H23N3O/c1-2-18-16(20)12-7-8-14(13(17)9-12)19-15(10-3-4-10)11-5-6-11/h7-11,15,19H,2-6,17H2,1H3,(H,18,20). The number of nitrogens with two attached hydrogens (primary N) is 1. The predicted octanol–water partition coefficient (Wildman–Crippen LogP) is 2.62. The molecule has 2 aliphatic carbocycles. The van der Waals surface area contributed by atoms with E-state index >= 15 is 0 Å². The SMILES string of the molecule is CCNC(=O)c1ccc(NC(C2CC2)C2CC2)c(N)c1. The predicted molar refractivity (Wildman–Crippen MR) is 81.7 cm³/mol. The second-order valence-electron chi connectivity index (χ2n) is 6.01. The van der Waals surface area contributed by atoms with Crippen LogP contribution in [0.25, 0.3) is 0 Å². The summed E-state index contributed by atoms with van der Waals surface area (Å²) < 4.78 is 0. The van der Waals surface area contributed by atoms with Crippen molar-refractivity contribution in [2.24, 2.45) is 11.8 Å². The molecule has 1 aromatic rings. The zero-order chi connectivity index (χ0) is 14.1. The molecule has 0 heterocycles. The lowest BCUT2D eigenvalue weighted by Gasteiger charge is -2.20. The molecule has 4 heteroatoms. The van der Waals surface area contributed by atoms with Crippen LogP contribution in [0, 0.1) is 11.8 Å². The number of hydrogen-bond acceptors (Lipinski definition) is 3. The van der Waals surface area contributed by atoms with Crippen LogP contribution in [0.15, 0.2) is 18.2 Å². The van der Waals surface area contributed by atoms with Crippen LogP contribution in [-0.2, 0) is 0 Å². The Hall–Kier alpha value is -1.71. The maximum Gasteiger partial charge on any atom is 0.251 e. The highest BCUT2D eigenvalue weighted by Crippen LogP contribution is 2.46. The summed E-state index contributed by atoms with van der Waals surface area (Å²) in [5, 5.41) is 6.40. The molecular formula is C16H23N3O. The van der Waals surface area contributed by atoms with Crippen LogP contribution < -0.4 is 16.4 Å². The van der Waals surface area contributed by atoms with E-state index < -0.39 is 0 Å². The summed E-state index contributed by atoms with van der Waals surface area (Å²) in [6.45, 7) is 2.54. The van der Waals surface area contributed by atoms with Gasteiger partial charge in [0.1, 0.15) is 0 Å². The molecule has 0 bridgehead atoms. The van der Waals surface area contributed by atoms with Gasteiger partial charge in [-0.15, -0.1) is 0 Å². The lowest BCUT2D eigenvalue weighted by atomic mass is 10.1. The summed E-state index contributed by atoms with van der Waals surface area (Å²) in [4.78, 5) is 11.8. The number of anilines is 2. The Kier molecular flexibility index (Phi) is 3.55. The number of carbonyl (C=O) groups is 1. The summed E-state index contributed by atoms with van der Waals surface area (Å²) in [6, 6.07) is 6.13. The monoisotopic (exact) mass is 273 g/mol. The molecule has 2 saturated carbocycles. The molecule has 0 unspecified atom stereocenters. The Morgan fingerprint density at radius 3 is 2.45 bits per heavy atom. The molecule has 20 heavy (non-hydrogen) atoms. The third kappa shape index (κ3) is 2.89. The first-order chi connectivity index (χ1) is 9.69. The smallest absolute Gasteiger partial charge is 0.251 e. The van der Waals surface area contributed by atoms with E-state index in [4.69, 9.17) is 5.73 Å². The fourth-order valence-corrected chi connectivity index (χ4v) is 2.81. The summed E-state index contributed by atoms with van der Waals surface area (Å²) in [5.41, 5.74) is 8.37. The Morgan fingerprint density at radius 2 is 1.95 bits per heavy atom. The van der Waals surface area contributed by atoms with Crippen LogP contribution in [-0.4, -0.2) is 18.5 Å². The van der Waals surface area contributed by atoms with E-state index in [1.165, 1.54) is 25.7 Å². The molecule has 0 aromatic heterocycles. The fourth-order valence-electron chi connectivity index (χ4n) is 2.81. The van der Waals surface area contributed by atoms with Gasteiger partial charge in [0, 0.05) is 18.2 Å². The van der Waals surface area contributed by atoms with E-state index in [9.17, 15) is 4.79 Å². The molecule has 4 nitrogen and oxygen atoms in total. The maximum absolute atomic E-state index is 11.8. The van der Waals surface area contributed by atoms with Gasteiger partial charge in [0.05, 0.1) is 11.4 Å². The number of nitrogen functional groups attached to an aromatic ring is 1. The highest BCUT2D eigenvalue weighted by atomic mass is 16.1. The zero-order valence-corrected chi connectivity index (χ0v) is 12.0. The van der Waals surface area contributed by atoms with Crippen molar-refractivity contribution in [1.82, 2.24) is 5.32 Å². The van der Waals surface area contributed by atoms with E-state index in [0.717, 1.165) is 17.5 Å². The van der Waals surface area contributed by atoms with Crippen molar-refractivity contribution in [2.45, 2.75) is 38.6 Å². The number of amides is 1. The first-order valence-corrected chi connectivity index (χ1v) is 7.63. The van der Waals surface area contributed by atoms with Gasteiger partial charge in [0.2, 0.25) is 0 Å². The lowest BCUT2D eigenvalue weighted by Crippen LogP contribution is -2.25. The second-order valence-corrected chi connectivity index (χ2v) is 6.01. The first-order valence-electron chi connectivity index (χ1n) is 7.63. The molecule has 1 amide bonds. The average molecular weight is 273 g/mol. The Bertz CT molecular complexity index is 494. The zero-order valence-electron chi connectivity index (χ0n) is 12.0. The Morgan fingerprint density at radius 1 is 1.30 bits per heavy atom. The minimum absolute atomic E-state index is 0.0633. The highest BCUT2D eigenvalue weighted by Gasteiger charge is 2.41. The summed E-state index contributed by atoms with van der Waals surface area (Å²) in [5.74, 6) is 1.58. The molecule has 0 aliphatic heterocycles. The number of rotatable bonds is 6. The van der Waals surface area contributed by atoms with Crippen LogP contribution in [0.4, 0.5) is 11.4 Å². The van der Waals surface area contributed by atoms with Crippen LogP contribution in [0.3, 0.4) is 0 Å². The van der Waals surface area contributed by atoms with Crippen molar-refractivity contribution in [3.05, 3.63) is 23.8 Å².